The van der Waals surface area contributed by atoms with Crippen LogP contribution >= 0.6 is 11.3 Å². The maximum absolute atomic E-state index is 13.0. The smallest absolute Gasteiger partial charge is 0.270 e. The summed E-state index contributed by atoms with van der Waals surface area (Å²) in [4.78, 5) is 38.3. The second kappa shape index (κ2) is 11.1. The molecule has 0 atom stereocenters. The van der Waals surface area contributed by atoms with Crippen molar-refractivity contribution in [3.05, 3.63) is 43.8 Å². The quantitative estimate of drug-likeness (QED) is 0.448. The molecule has 0 saturated heterocycles. The summed E-state index contributed by atoms with van der Waals surface area (Å²) in [5.41, 5.74) is -0.451. The van der Waals surface area contributed by atoms with Gasteiger partial charge >= 0.3 is 0 Å². The number of nitrogens with zero attached hydrogens (tertiary/aromatic N) is 2. The van der Waals surface area contributed by atoms with Crippen LogP contribution in [0.3, 0.4) is 0 Å². The third kappa shape index (κ3) is 6.04. The number of nitrogens with one attached hydrogen (secondary N) is 3. The average Bonchev–Trinajstić information content (AvgIpc) is 3.42. The maximum atomic E-state index is 13.0. The number of carbonyl (C=O) groups is 2. The molecule has 1 aliphatic carbocycles. The zero-order chi connectivity index (χ0) is 26.5. The second-order valence-electron chi connectivity index (χ2n) is 9.98. The Bertz CT molecular complexity index is 1350. The zero-order valence-electron chi connectivity index (χ0n) is 21.1. The first-order valence-electron chi connectivity index (χ1n) is 12.0. The van der Waals surface area contributed by atoms with Gasteiger partial charge < -0.3 is 21.1 Å². The van der Waals surface area contributed by atoms with Gasteiger partial charge in [0.25, 0.3) is 11.5 Å². The van der Waals surface area contributed by atoms with Gasteiger partial charge in [-0.05, 0) is 38.0 Å². The summed E-state index contributed by atoms with van der Waals surface area (Å²) in [6.07, 6.45) is 4.63. The van der Waals surface area contributed by atoms with Gasteiger partial charge in [0.2, 0.25) is 5.91 Å². The third-order valence-electron chi connectivity index (χ3n) is 6.19. The van der Waals surface area contributed by atoms with Crippen molar-refractivity contribution in [3.8, 4) is 6.07 Å². The number of nitriles is 1. The molecule has 3 rings (SSSR count). The fraction of sp³-hybridized carbons (Fsp3) is 0.462. The fourth-order valence-electron chi connectivity index (χ4n) is 4.02. The van der Waals surface area contributed by atoms with E-state index < -0.39 is 16.9 Å². The first-order chi connectivity index (χ1) is 17.0. The van der Waals surface area contributed by atoms with Crippen molar-refractivity contribution in [3.63, 3.8) is 0 Å². The Morgan fingerprint density at radius 3 is 2.50 bits per heavy atom. The molecule has 1 saturated carbocycles. The van der Waals surface area contributed by atoms with E-state index in [-0.39, 0.29) is 34.9 Å². The highest BCUT2D eigenvalue weighted by Crippen LogP contribution is 2.29. The van der Waals surface area contributed by atoms with Crippen LogP contribution in [0.5, 0.6) is 0 Å². The lowest BCUT2D eigenvalue weighted by Crippen LogP contribution is -2.50. The molecule has 4 N–H and O–H groups in total. The van der Waals surface area contributed by atoms with Gasteiger partial charge in [-0.2, -0.15) is 5.26 Å². The maximum Gasteiger partial charge on any atom is 0.270 e. The van der Waals surface area contributed by atoms with E-state index in [9.17, 15) is 24.8 Å². The molecule has 2 aromatic rings. The Kier molecular flexibility index (Phi) is 8.38. The number of hydrogen-bond donors (Lipinski definition) is 4. The highest BCUT2D eigenvalue weighted by molar-refractivity contribution is 7.07. The van der Waals surface area contributed by atoms with Gasteiger partial charge in [-0.1, -0.05) is 39.7 Å². The lowest BCUT2D eigenvalue weighted by atomic mass is 9.95. The Balaban J connectivity index is 1.94. The molecule has 192 valence electrons. The molecule has 0 aliphatic heterocycles. The number of aliphatic hydroxyl groups is 1. The first-order valence-corrected chi connectivity index (χ1v) is 12.8. The Hall–Kier alpha value is -3.42. The molecule has 2 amide bonds. The molecule has 0 spiro atoms. The number of aromatic nitrogens is 1. The van der Waals surface area contributed by atoms with E-state index in [1.165, 1.54) is 10.8 Å². The Morgan fingerprint density at radius 1 is 1.25 bits per heavy atom. The van der Waals surface area contributed by atoms with E-state index in [0.717, 1.165) is 24.2 Å². The molecule has 1 aliphatic rings. The summed E-state index contributed by atoms with van der Waals surface area (Å²) in [5.74, 6) is -0.700. The number of amides is 2. The van der Waals surface area contributed by atoms with Crippen LogP contribution in [0.25, 0.3) is 11.8 Å². The molecule has 1 fully saturated rings. The van der Waals surface area contributed by atoms with Crippen LogP contribution in [-0.4, -0.2) is 33.6 Å². The van der Waals surface area contributed by atoms with Gasteiger partial charge in [-0.15, -0.1) is 11.3 Å². The van der Waals surface area contributed by atoms with Crippen molar-refractivity contribution in [1.29, 1.82) is 5.26 Å². The van der Waals surface area contributed by atoms with Crippen molar-refractivity contribution in [2.24, 2.45) is 5.41 Å². The highest BCUT2D eigenvalue weighted by Gasteiger charge is 2.35. The number of benzene rings is 1. The summed E-state index contributed by atoms with van der Waals surface area (Å²) in [6, 6.07) is 9.07. The molecular formula is C26H33N5O4S. The molecule has 1 aromatic carbocycles. The van der Waals surface area contributed by atoms with Crippen molar-refractivity contribution in [2.45, 2.75) is 65.5 Å². The van der Waals surface area contributed by atoms with E-state index in [1.54, 1.807) is 31.2 Å². The molecule has 10 heteroatoms. The minimum Gasteiger partial charge on any atom is -0.394 e. The van der Waals surface area contributed by atoms with Gasteiger partial charge in [0.15, 0.2) is 5.57 Å². The summed E-state index contributed by atoms with van der Waals surface area (Å²) in [5, 5.41) is 28.4. The minimum absolute atomic E-state index is 0.115. The summed E-state index contributed by atoms with van der Waals surface area (Å²) >= 11 is 1.05. The van der Waals surface area contributed by atoms with Crippen molar-refractivity contribution in [2.75, 3.05) is 17.2 Å². The molecule has 1 heterocycles. The van der Waals surface area contributed by atoms with E-state index in [2.05, 4.69) is 16.0 Å². The van der Waals surface area contributed by atoms with Crippen molar-refractivity contribution >= 4 is 46.3 Å². The summed E-state index contributed by atoms with van der Waals surface area (Å²) in [6.45, 7) is 7.35. The summed E-state index contributed by atoms with van der Waals surface area (Å²) in [7, 11) is 0. The Morgan fingerprint density at radius 2 is 1.92 bits per heavy atom. The van der Waals surface area contributed by atoms with Crippen LogP contribution in [0.15, 0.2) is 29.1 Å². The van der Waals surface area contributed by atoms with Gasteiger partial charge in [0, 0.05) is 29.5 Å². The predicted octanol–water partition coefficient (Wildman–Crippen LogP) is 1.86. The van der Waals surface area contributed by atoms with Crippen molar-refractivity contribution in [1.82, 2.24) is 9.88 Å². The lowest BCUT2D eigenvalue weighted by Gasteiger charge is -2.27. The van der Waals surface area contributed by atoms with Crippen LogP contribution in [0.1, 0.15) is 53.4 Å². The molecule has 1 aromatic heterocycles. The van der Waals surface area contributed by atoms with E-state index in [1.807, 2.05) is 26.8 Å². The molecule has 0 bridgehead atoms. The number of thiazole rings is 1. The molecule has 9 nitrogen and oxygen atoms in total. The van der Waals surface area contributed by atoms with Gasteiger partial charge in [0.1, 0.15) is 15.3 Å². The third-order valence-corrected chi connectivity index (χ3v) is 7.32. The number of carbonyl (C=O) groups excluding carboxylic acids is 2. The number of aliphatic hydroxyl groups excluding tert-OH is 1. The fourth-order valence-corrected chi connectivity index (χ4v) is 5.11. The molecule has 36 heavy (non-hydrogen) atoms. The van der Waals surface area contributed by atoms with Crippen LogP contribution in [-0.2, 0) is 16.1 Å². The first kappa shape index (κ1) is 27.2. The lowest BCUT2D eigenvalue weighted by molar-refractivity contribution is -0.123. The number of hydrogen-bond acceptors (Lipinski definition) is 7. The second-order valence-corrected chi connectivity index (χ2v) is 11.0. The SMILES string of the molecule is CCn1c(=O)c(=CNc2cccc(NC(=O)C(C)(C)C)c2)s/c1=C(/C#N)C(=O)NC1(CO)CCCC1. The van der Waals surface area contributed by atoms with Gasteiger partial charge in [-0.25, -0.2) is 0 Å². The Labute approximate surface area is 214 Å². The monoisotopic (exact) mass is 511 g/mol. The highest BCUT2D eigenvalue weighted by atomic mass is 32.1. The van der Waals surface area contributed by atoms with Crippen LogP contribution < -0.4 is 30.7 Å². The van der Waals surface area contributed by atoms with E-state index in [0.29, 0.717) is 28.7 Å². The number of anilines is 2. The van der Waals surface area contributed by atoms with Crippen LogP contribution in [0.4, 0.5) is 11.4 Å². The molecule has 0 radical (unpaired) electrons. The standard InChI is InChI=1S/C26H33N5O4S/c1-5-31-22(34)20(15-28-17-9-8-10-18(13-17)29-24(35)25(2,3)4)36-23(31)19(14-27)21(33)30-26(16-32)11-6-7-12-26/h8-10,13,15,28,32H,5-7,11-12,16H2,1-4H3,(H,29,35)(H,30,33)/b20-15?,23-19-. The number of rotatable bonds is 7. The van der Waals surface area contributed by atoms with E-state index in [4.69, 9.17) is 0 Å². The average molecular weight is 512 g/mol. The van der Waals surface area contributed by atoms with Gasteiger partial charge in [0.05, 0.1) is 12.1 Å². The van der Waals surface area contributed by atoms with E-state index >= 15 is 0 Å². The largest absolute Gasteiger partial charge is 0.394 e. The molecule has 0 unspecified atom stereocenters. The van der Waals surface area contributed by atoms with Crippen LogP contribution in [0, 0.1) is 16.7 Å². The summed E-state index contributed by atoms with van der Waals surface area (Å²) < 4.78 is 2.00. The molecular weight excluding hydrogens is 478 g/mol. The van der Waals surface area contributed by atoms with Crippen LogP contribution in [0.2, 0.25) is 0 Å². The normalized spacial score (nSPS) is 16.3. The van der Waals surface area contributed by atoms with Crippen molar-refractivity contribution < 1.29 is 14.7 Å². The zero-order valence-corrected chi connectivity index (χ0v) is 21.9. The minimum atomic E-state index is -0.724. The van der Waals surface area contributed by atoms with Gasteiger partial charge in [-0.3, -0.25) is 19.0 Å². The predicted molar refractivity (Wildman–Crippen MR) is 142 cm³/mol. The topological polar surface area (TPSA) is 136 Å².